The van der Waals surface area contributed by atoms with E-state index in [1.54, 1.807) is 33.8 Å². The van der Waals surface area contributed by atoms with Gasteiger partial charge in [0, 0.05) is 35.7 Å². The topological polar surface area (TPSA) is 109 Å². The Kier molecular flexibility index (Phi) is 9.35. The number of nitrogens with zero attached hydrogens (tertiary/aromatic N) is 4. The van der Waals surface area contributed by atoms with Crippen molar-refractivity contribution in [2.24, 2.45) is 5.92 Å². The van der Waals surface area contributed by atoms with Gasteiger partial charge in [0.05, 0.1) is 12.6 Å². The first-order chi connectivity index (χ1) is 18.7. The molecular weight excluding hydrogens is 516 g/mol. The lowest BCUT2D eigenvalue weighted by molar-refractivity contribution is -0.129. The molecule has 4 rings (SSSR count). The van der Waals surface area contributed by atoms with Gasteiger partial charge in [0.1, 0.15) is 11.9 Å². The van der Waals surface area contributed by atoms with Crippen LogP contribution in [0.5, 0.6) is 0 Å². The van der Waals surface area contributed by atoms with Gasteiger partial charge in [0.2, 0.25) is 11.8 Å². The van der Waals surface area contributed by atoms with Gasteiger partial charge in [-0.05, 0) is 49.9 Å². The van der Waals surface area contributed by atoms with Crippen LogP contribution in [0, 0.1) is 5.92 Å². The molecule has 0 saturated heterocycles. The van der Waals surface area contributed by atoms with Crippen molar-refractivity contribution in [3.63, 3.8) is 0 Å². The Hall–Kier alpha value is -3.72. The average molecular weight is 551 g/mol. The van der Waals surface area contributed by atoms with Crippen LogP contribution in [0.3, 0.4) is 0 Å². The summed E-state index contributed by atoms with van der Waals surface area (Å²) in [7, 11) is 0. The Morgan fingerprint density at radius 3 is 2.44 bits per heavy atom. The lowest BCUT2D eigenvalue weighted by Gasteiger charge is -2.26. The van der Waals surface area contributed by atoms with E-state index in [0.717, 1.165) is 5.56 Å². The third-order valence-electron chi connectivity index (χ3n) is 6.63. The average Bonchev–Trinajstić information content (AvgIpc) is 3.34. The normalized spacial score (nSPS) is 19.2. The number of hydrogen-bond acceptors (Lipinski definition) is 5. The van der Waals surface area contributed by atoms with E-state index in [9.17, 15) is 14.4 Å². The third-order valence-corrected chi connectivity index (χ3v) is 6.88. The quantitative estimate of drug-likeness (QED) is 0.505. The highest BCUT2D eigenvalue weighted by Crippen LogP contribution is 2.20. The minimum atomic E-state index is -0.667. The number of rotatable bonds is 4. The van der Waals surface area contributed by atoms with Crippen LogP contribution < -0.4 is 10.6 Å². The predicted octanol–water partition coefficient (Wildman–Crippen LogP) is 4.24. The molecule has 3 aromatic rings. The molecule has 2 aromatic carbocycles. The Labute approximate surface area is 233 Å². The molecule has 1 aliphatic rings. The largest absolute Gasteiger partial charge is 0.345 e. The van der Waals surface area contributed by atoms with Crippen molar-refractivity contribution in [2.75, 3.05) is 13.1 Å². The number of aromatic nitrogens is 3. The van der Waals surface area contributed by atoms with Crippen molar-refractivity contribution in [1.82, 2.24) is 30.3 Å². The van der Waals surface area contributed by atoms with Crippen LogP contribution in [0.2, 0.25) is 5.02 Å². The van der Waals surface area contributed by atoms with Crippen molar-refractivity contribution in [2.45, 2.75) is 58.7 Å². The number of carbonyl (C=O) groups excluding carboxylic acids is 3. The fourth-order valence-electron chi connectivity index (χ4n) is 4.63. The first-order valence-electron chi connectivity index (χ1n) is 13.4. The summed E-state index contributed by atoms with van der Waals surface area (Å²) in [6, 6.07) is 15.3. The fourth-order valence-corrected chi connectivity index (χ4v) is 4.76. The lowest BCUT2D eigenvalue weighted by atomic mass is 10.0. The van der Waals surface area contributed by atoms with Crippen LogP contribution in [0.15, 0.2) is 54.6 Å². The summed E-state index contributed by atoms with van der Waals surface area (Å²) < 4.78 is 1.76. The Bertz CT molecular complexity index is 1290. The molecule has 10 heteroatoms. The Morgan fingerprint density at radius 1 is 1.03 bits per heavy atom. The predicted molar refractivity (Wildman–Crippen MR) is 150 cm³/mol. The highest BCUT2D eigenvalue weighted by Gasteiger charge is 2.27. The number of hydrogen-bond donors (Lipinski definition) is 2. The highest BCUT2D eigenvalue weighted by atomic mass is 35.5. The van der Waals surface area contributed by atoms with E-state index >= 15 is 0 Å². The summed E-state index contributed by atoms with van der Waals surface area (Å²) >= 11 is 6.03. The first kappa shape index (κ1) is 28.3. The maximum atomic E-state index is 13.4. The summed E-state index contributed by atoms with van der Waals surface area (Å²) in [5.74, 6) is 0.705. The van der Waals surface area contributed by atoms with Crippen LogP contribution in [0.1, 0.15) is 62.3 Å². The van der Waals surface area contributed by atoms with Gasteiger partial charge in [-0.3, -0.25) is 14.4 Å². The monoisotopic (exact) mass is 550 g/mol. The summed E-state index contributed by atoms with van der Waals surface area (Å²) in [6.45, 7) is 6.97. The number of halogens is 1. The molecule has 2 atom stereocenters. The molecule has 0 unspecified atom stereocenters. The van der Waals surface area contributed by atoms with Gasteiger partial charge in [0.25, 0.3) is 5.91 Å². The smallest absolute Gasteiger partial charge is 0.253 e. The molecule has 2 heterocycles. The molecule has 9 nitrogen and oxygen atoms in total. The second-order valence-corrected chi connectivity index (χ2v) is 10.7. The van der Waals surface area contributed by atoms with Gasteiger partial charge in [-0.1, -0.05) is 55.8 Å². The second kappa shape index (κ2) is 12.9. The van der Waals surface area contributed by atoms with Gasteiger partial charge in [-0.2, -0.15) is 5.10 Å². The molecule has 206 valence electrons. The van der Waals surface area contributed by atoms with Crippen molar-refractivity contribution in [3.8, 4) is 11.4 Å². The molecule has 0 radical (unpaired) electrons. The van der Waals surface area contributed by atoms with Crippen molar-refractivity contribution < 1.29 is 14.4 Å². The molecule has 39 heavy (non-hydrogen) atoms. The molecule has 1 aliphatic heterocycles. The standard InChI is InChI=1S/C29H35ClN6O3/c1-19(2)18-24-28(38)31-20(3)27-33-26(21-8-5-4-6-9-21)34-36(27)17-16-35(15-7-10-25(37)32-24)29(39)22-11-13-23(30)14-12-22/h4-6,8-9,11-14,19-20,24H,7,10,15-18H2,1-3H3,(H,31,38)(H,32,37)/t20-,24-/m1/s1. The molecular formula is C29H35ClN6O3. The molecule has 2 N–H and O–H groups in total. The number of nitrogens with one attached hydrogen (secondary N) is 2. The van der Waals surface area contributed by atoms with E-state index in [4.69, 9.17) is 21.7 Å². The highest BCUT2D eigenvalue weighted by molar-refractivity contribution is 6.30. The van der Waals surface area contributed by atoms with Gasteiger partial charge < -0.3 is 15.5 Å². The number of amides is 3. The van der Waals surface area contributed by atoms with Crippen molar-refractivity contribution in [1.29, 1.82) is 0 Å². The van der Waals surface area contributed by atoms with E-state index in [0.29, 0.717) is 54.7 Å². The summed E-state index contributed by atoms with van der Waals surface area (Å²) in [5.41, 5.74) is 1.37. The number of fused-ring (bicyclic) bond motifs is 1. The molecule has 1 aromatic heterocycles. The fraction of sp³-hybridized carbons (Fsp3) is 0.414. The zero-order valence-corrected chi connectivity index (χ0v) is 23.3. The number of carbonyl (C=O) groups is 3. The van der Waals surface area contributed by atoms with Crippen molar-refractivity contribution in [3.05, 3.63) is 71.0 Å². The second-order valence-electron chi connectivity index (χ2n) is 10.3. The summed E-state index contributed by atoms with van der Waals surface area (Å²) in [6.07, 6.45) is 1.17. The summed E-state index contributed by atoms with van der Waals surface area (Å²) in [4.78, 5) is 46.0. The Balaban J connectivity index is 1.68. The lowest BCUT2D eigenvalue weighted by Crippen LogP contribution is -2.48. The van der Waals surface area contributed by atoms with Gasteiger partial charge in [-0.15, -0.1) is 0 Å². The minimum absolute atomic E-state index is 0.150. The van der Waals surface area contributed by atoms with Crippen LogP contribution in [-0.4, -0.2) is 56.5 Å². The molecule has 0 spiro atoms. The van der Waals surface area contributed by atoms with Crippen LogP contribution in [-0.2, 0) is 16.1 Å². The van der Waals surface area contributed by atoms with Crippen LogP contribution >= 0.6 is 11.6 Å². The number of benzene rings is 2. The molecule has 0 fully saturated rings. The van der Waals surface area contributed by atoms with Gasteiger partial charge >= 0.3 is 0 Å². The third kappa shape index (κ3) is 7.44. The summed E-state index contributed by atoms with van der Waals surface area (Å²) in [5, 5.41) is 11.2. The Morgan fingerprint density at radius 2 is 1.74 bits per heavy atom. The van der Waals surface area contributed by atoms with Crippen LogP contribution in [0.25, 0.3) is 11.4 Å². The van der Waals surface area contributed by atoms with E-state index in [1.807, 2.05) is 51.1 Å². The maximum absolute atomic E-state index is 13.4. The van der Waals surface area contributed by atoms with Crippen LogP contribution in [0.4, 0.5) is 0 Å². The van der Waals surface area contributed by atoms with E-state index < -0.39 is 12.1 Å². The molecule has 3 amide bonds. The zero-order chi connectivity index (χ0) is 27.9. The van der Waals surface area contributed by atoms with Gasteiger partial charge in [0.15, 0.2) is 5.82 Å². The SMILES string of the molecule is CC(C)C[C@H]1NC(=O)CCCN(C(=O)c2ccc(Cl)cc2)CCn2nc(-c3ccccc3)nc2[C@@H](C)NC1=O. The minimum Gasteiger partial charge on any atom is -0.345 e. The molecule has 0 bridgehead atoms. The van der Waals surface area contributed by atoms with Gasteiger partial charge in [-0.25, -0.2) is 9.67 Å². The first-order valence-corrected chi connectivity index (χ1v) is 13.7. The van der Waals surface area contributed by atoms with E-state index in [2.05, 4.69) is 10.6 Å². The molecule has 0 aliphatic carbocycles. The van der Waals surface area contributed by atoms with E-state index in [1.165, 1.54) is 0 Å². The molecule has 0 saturated carbocycles. The zero-order valence-electron chi connectivity index (χ0n) is 22.6. The maximum Gasteiger partial charge on any atom is 0.253 e. The van der Waals surface area contributed by atoms with Crippen molar-refractivity contribution >= 4 is 29.3 Å². The van der Waals surface area contributed by atoms with E-state index in [-0.39, 0.29) is 30.1 Å².